The fraction of sp³-hybridized carbons (Fsp3) is 0.543. The van der Waals surface area contributed by atoms with Crippen LogP contribution < -0.4 is 37.6 Å². The minimum atomic E-state index is -1.10. The van der Waals surface area contributed by atoms with Crippen molar-refractivity contribution < 1.29 is 33.6 Å². The van der Waals surface area contributed by atoms with Crippen LogP contribution in [0.15, 0.2) is 60.8 Å². The van der Waals surface area contributed by atoms with Crippen LogP contribution in [0.2, 0.25) is 0 Å². The van der Waals surface area contributed by atoms with Gasteiger partial charge in [-0.1, -0.05) is 80.6 Å². The Morgan fingerprint density at radius 3 is 2.26 bits per heavy atom. The minimum Gasteiger partial charge on any atom is -0.361 e. The van der Waals surface area contributed by atoms with Crippen molar-refractivity contribution in [3.8, 4) is 0 Å². The second-order valence-corrected chi connectivity index (χ2v) is 17.0. The highest BCUT2D eigenvalue weighted by Gasteiger charge is 2.40. The number of aromatic amines is 1. The fourth-order valence-corrected chi connectivity index (χ4v) is 9.10. The van der Waals surface area contributed by atoms with Crippen LogP contribution in [-0.2, 0) is 46.4 Å². The number of aromatic nitrogens is 1. The molecule has 1 aromatic heterocycles. The number of nitrogens with zero attached hydrogens (tertiary/aromatic N) is 1. The van der Waals surface area contributed by atoms with Gasteiger partial charge in [0.15, 0.2) is 0 Å². The molecule has 3 aromatic rings. The van der Waals surface area contributed by atoms with Crippen molar-refractivity contribution in [1.29, 1.82) is 0 Å². The molecule has 6 rings (SSSR count). The first-order chi connectivity index (χ1) is 30.0. The first-order valence-corrected chi connectivity index (χ1v) is 22.4. The summed E-state index contributed by atoms with van der Waals surface area (Å²) in [6.07, 6.45) is 9.29. The summed E-state index contributed by atoms with van der Waals surface area (Å²) in [4.78, 5) is 102. The minimum absolute atomic E-state index is 0.104. The number of nitrogens with one attached hydrogen (secondary N) is 7. The normalized spacial score (nSPS) is 24.1. The molecular formula is C46H63N9O7. The molecule has 0 bridgehead atoms. The third kappa shape index (κ3) is 12.4. The molecule has 3 heterocycles. The lowest BCUT2D eigenvalue weighted by Gasteiger charge is -2.32. The van der Waals surface area contributed by atoms with E-state index in [1.54, 1.807) is 6.20 Å². The SMILES string of the molecule is CC(=O)N[C@@H](Cc1ccccc1)C(=O)N[C@H]1CCCNC(=O)[C@H](CCCN)NC(=O)[C@H](Cc2c[nH]c3ccccc23)NC(=O)[C@@H](CC2CCCCC2)NC(=O)[C@@H]2CCCN2C1=O. The van der Waals surface area contributed by atoms with Gasteiger partial charge in [0.1, 0.15) is 36.3 Å². The Balaban J connectivity index is 1.30. The third-order valence-corrected chi connectivity index (χ3v) is 12.4. The Morgan fingerprint density at radius 1 is 0.790 bits per heavy atom. The summed E-state index contributed by atoms with van der Waals surface area (Å²) in [5, 5.41) is 18.2. The average Bonchev–Trinajstić information content (AvgIpc) is 3.93. The molecule has 9 N–H and O–H groups in total. The molecule has 0 unspecified atom stereocenters. The highest BCUT2D eigenvalue weighted by atomic mass is 16.2. The number of hydrogen-bond acceptors (Lipinski definition) is 8. The van der Waals surface area contributed by atoms with Crippen LogP contribution in [0.3, 0.4) is 0 Å². The Labute approximate surface area is 363 Å². The zero-order chi connectivity index (χ0) is 44.0. The third-order valence-electron chi connectivity index (χ3n) is 12.4. The van der Waals surface area contributed by atoms with Crippen LogP contribution in [0.4, 0.5) is 0 Å². The second kappa shape index (κ2) is 22.4. The van der Waals surface area contributed by atoms with E-state index in [4.69, 9.17) is 5.73 Å². The Bertz CT molecular complexity index is 2030. The monoisotopic (exact) mass is 853 g/mol. The smallest absolute Gasteiger partial charge is 0.245 e. The van der Waals surface area contributed by atoms with E-state index in [0.717, 1.165) is 54.1 Å². The van der Waals surface area contributed by atoms with Crippen molar-refractivity contribution in [2.75, 3.05) is 19.6 Å². The maximum atomic E-state index is 14.5. The van der Waals surface area contributed by atoms with Crippen LogP contribution in [0.5, 0.6) is 0 Å². The fourth-order valence-electron chi connectivity index (χ4n) is 9.10. The van der Waals surface area contributed by atoms with Gasteiger partial charge in [-0.25, -0.2) is 0 Å². The molecule has 16 nitrogen and oxygen atoms in total. The first kappa shape index (κ1) is 45.7. The Morgan fingerprint density at radius 2 is 1.50 bits per heavy atom. The van der Waals surface area contributed by atoms with Gasteiger partial charge in [0.25, 0.3) is 0 Å². The van der Waals surface area contributed by atoms with E-state index in [-0.39, 0.29) is 57.7 Å². The molecule has 0 spiro atoms. The predicted molar refractivity (Wildman–Crippen MR) is 234 cm³/mol. The van der Waals surface area contributed by atoms with Crippen LogP contribution in [0.25, 0.3) is 10.9 Å². The highest BCUT2D eigenvalue weighted by molar-refractivity contribution is 5.98. The van der Waals surface area contributed by atoms with Crippen molar-refractivity contribution in [3.63, 3.8) is 0 Å². The topological polar surface area (TPSA) is 237 Å². The Kier molecular flexibility index (Phi) is 16.5. The van der Waals surface area contributed by atoms with Crippen molar-refractivity contribution in [1.82, 2.24) is 41.8 Å². The maximum Gasteiger partial charge on any atom is 0.245 e. The molecule has 1 saturated carbocycles. The number of carbonyl (C=O) groups excluding carboxylic acids is 7. The van der Waals surface area contributed by atoms with E-state index in [1.807, 2.05) is 54.6 Å². The maximum absolute atomic E-state index is 14.5. The molecule has 2 aliphatic heterocycles. The standard InChI is InChI=1S/C46H63N9O7/c1-29(56)50-37(25-30-13-4-2-5-14-30)42(58)52-36-20-11-23-48-41(57)35(19-10-22-47)51-44(60)39(27-32-28-49-34-18-9-8-17-33(32)34)53-43(59)38(26-31-15-6-3-7-16-31)54-45(61)40-21-12-24-55(40)46(36)62/h2,4-5,8-9,13-14,17-18,28,31,35-40,49H,3,6-7,10-12,15-16,19-27,47H2,1H3,(H,48,57)(H,50,56)(H,51,60)(H,52,58)(H,53,59)(H,54,61)/t35-,36-,37-,38+,39-,40-/m0/s1. The predicted octanol–water partition coefficient (Wildman–Crippen LogP) is 2.01. The summed E-state index contributed by atoms with van der Waals surface area (Å²) >= 11 is 0. The quantitative estimate of drug-likeness (QED) is 0.134. The van der Waals surface area contributed by atoms with Gasteiger partial charge in [-0.2, -0.15) is 0 Å². The van der Waals surface area contributed by atoms with Crippen molar-refractivity contribution >= 4 is 52.3 Å². The second-order valence-electron chi connectivity index (χ2n) is 17.0. The summed E-state index contributed by atoms with van der Waals surface area (Å²) in [5.74, 6) is -3.30. The molecule has 2 aromatic carbocycles. The van der Waals surface area contributed by atoms with Crippen molar-refractivity contribution in [2.45, 2.75) is 133 Å². The summed E-state index contributed by atoms with van der Waals surface area (Å²) < 4.78 is 0. The van der Waals surface area contributed by atoms with E-state index in [0.29, 0.717) is 25.7 Å². The molecule has 334 valence electrons. The molecule has 3 fully saturated rings. The van der Waals surface area contributed by atoms with Crippen LogP contribution in [0.1, 0.15) is 95.1 Å². The zero-order valence-corrected chi connectivity index (χ0v) is 35.7. The number of rotatable bonds is 12. The molecule has 0 radical (unpaired) electrons. The van der Waals surface area contributed by atoms with Gasteiger partial charge >= 0.3 is 0 Å². The molecule has 1 aliphatic carbocycles. The molecule has 3 aliphatic rings. The van der Waals surface area contributed by atoms with Crippen molar-refractivity contribution in [2.24, 2.45) is 11.7 Å². The number of benzene rings is 2. The zero-order valence-electron chi connectivity index (χ0n) is 35.7. The molecule has 6 atom stereocenters. The van der Waals surface area contributed by atoms with E-state index in [2.05, 4.69) is 36.9 Å². The van der Waals surface area contributed by atoms with Gasteiger partial charge in [-0.05, 0) is 74.6 Å². The summed E-state index contributed by atoms with van der Waals surface area (Å²) in [5.41, 5.74) is 8.32. The number of para-hydroxylation sites is 1. The lowest BCUT2D eigenvalue weighted by Crippen LogP contribution is -2.60. The van der Waals surface area contributed by atoms with E-state index < -0.39 is 77.6 Å². The van der Waals surface area contributed by atoms with Gasteiger partial charge in [-0.3, -0.25) is 33.6 Å². The molecule has 2 saturated heterocycles. The largest absolute Gasteiger partial charge is 0.361 e. The Hall–Kier alpha value is -5.77. The average molecular weight is 854 g/mol. The van der Waals surface area contributed by atoms with Crippen molar-refractivity contribution in [3.05, 3.63) is 71.9 Å². The number of fused-ring (bicyclic) bond motifs is 2. The van der Waals surface area contributed by atoms with Gasteiger partial charge in [0.2, 0.25) is 41.4 Å². The number of amides is 7. The highest BCUT2D eigenvalue weighted by Crippen LogP contribution is 2.28. The molecular weight excluding hydrogens is 791 g/mol. The summed E-state index contributed by atoms with van der Waals surface area (Å²) in [6, 6.07) is 10.8. The van der Waals surface area contributed by atoms with Gasteiger partial charge in [0, 0.05) is 50.0 Å². The van der Waals surface area contributed by atoms with E-state index in [9.17, 15) is 33.6 Å². The number of H-pyrrole nitrogens is 1. The molecule has 62 heavy (non-hydrogen) atoms. The van der Waals surface area contributed by atoms with E-state index in [1.165, 1.54) is 11.8 Å². The van der Waals surface area contributed by atoms with Gasteiger partial charge < -0.3 is 47.5 Å². The number of carbonyl (C=O) groups is 7. The van der Waals surface area contributed by atoms with Crippen LogP contribution >= 0.6 is 0 Å². The summed E-state index contributed by atoms with van der Waals surface area (Å²) in [7, 11) is 0. The van der Waals surface area contributed by atoms with E-state index >= 15 is 0 Å². The molecule has 7 amide bonds. The van der Waals surface area contributed by atoms with Gasteiger partial charge in [0.05, 0.1) is 0 Å². The number of nitrogens with two attached hydrogens (primary N) is 1. The summed E-state index contributed by atoms with van der Waals surface area (Å²) in [6.45, 7) is 1.96. The van der Waals surface area contributed by atoms with Gasteiger partial charge in [-0.15, -0.1) is 0 Å². The first-order valence-electron chi connectivity index (χ1n) is 22.4. The number of hydrogen-bond donors (Lipinski definition) is 8. The lowest BCUT2D eigenvalue weighted by molar-refractivity contribution is -0.142. The van der Waals surface area contributed by atoms with Crippen LogP contribution in [-0.4, -0.2) is 107 Å². The lowest BCUT2D eigenvalue weighted by atomic mass is 9.84. The molecule has 16 heteroatoms. The van der Waals surface area contributed by atoms with Crippen LogP contribution in [0, 0.1) is 5.92 Å².